The Morgan fingerprint density at radius 2 is 2.09 bits per heavy atom. The summed E-state index contributed by atoms with van der Waals surface area (Å²) in [5, 5.41) is 0. The van der Waals surface area contributed by atoms with Crippen LogP contribution in [0.25, 0.3) is 0 Å². The number of ether oxygens (including phenoxy) is 3. The van der Waals surface area contributed by atoms with Crippen molar-refractivity contribution >= 4 is 11.7 Å². The standard InChI is InChI=1S/C27H38N2O4/c1-18-15-28(10-11-29(18)19-6-4-7-20(12-19)31-3)16-22-21-13-24-26(2,14-23(21)33-25(22)30)8-5-9-27(24)17-32-27/h4,6-7,12,18,21-24H,5,8-11,13-17H2,1-3H3/t18-,21-,22-,23+,24-,26+,27-/m0/s1. The summed E-state index contributed by atoms with van der Waals surface area (Å²) in [6.07, 6.45) is 5.92. The van der Waals surface area contributed by atoms with Crippen LogP contribution in [0.2, 0.25) is 0 Å². The number of epoxide rings is 1. The monoisotopic (exact) mass is 454 g/mol. The number of rotatable bonds is 4. The summed E-state index contributed by atoms with van der Waals surface area (Å²) in [7, 11) is 1.72. The zero-order valence-corrected chi connectivity index (χ0v) is 20.3. The van der Waals surface area contributed by atoms with Crippen LogP contribution in [0.1, 0.15) is 46.0 Å². The molecule has 2 aliphatic carbocycles. The lowest BCUT2D eigenvalue weighted by Crippen LogP contribution is -2.54. The molecule has 0 amide bonds. The molecule has 0 bridgehead atoms. The van der Waals surface area contributed by atoms with E-state index in [9.17, 15) is 4.79 Å². The van der Waals surface area contributed by atoms with Gasteiger partial charge in [-0.3, -0.25) is 9.69 Å². The van der Waals surface area contributed by atoms with E-state index in [0.717, 1.165) is 51.4 Å². The molecule has 1 aromatic carbocycles. The molecule has 5 fully saturated rings. The number of carbonyl (C=O) groups excluding carboxylic acids is 1. The number of methoxy groups -OCH3 is 1. The molecule has 1 spiro atoms. The molecule has 1 aromatic rings. The minimum Gasteiger partial charge on any atom is -0.497 e. The average Bonchev–Trinajstić information content (AvgIpc) is 3.50. The summed E-state index contributed by atoms with van der Waals surface area (Å²) < 4.78 is 17.5. The number of anilines is 1. The second-order valence-corrected chi connectivity index (χ2v) is 11.6. The van der Waals surface area contributed by atoms with Crippen LogP contribution >= 0.6 is 0 Å². The van der Waals surface area contributed by atoms with Crippen molar-refractivity contribution in [3.63, 3.8) is 0 Å². The number of fused-ring (bicyclic) bond motifs is 3. The Morgan fingerprint density at radius 1 is 1.24 bits per heavy atom. The molecule has 5 aliphatic rings. The molecule has 0 N–H and O–H groups in total. The van der Waals surface area contributed by atoms with Gasteiger partial charge in [0.15, 0.2) is 0 Å². The smallest absolute Gasteiger partial charge is 0.310 e. The number of hydrogen-bond acceptors (Lipinski definition) is 6. The average molecular weight is 455 g/mol. The minimum atomic E-state index is 0.00726. The minimum absolute atomic E-state index is 0.00726. The fraction of sp³-hybridized carbons (Fsp3) is 0.741. The predicted octanol–water partition coefficient (Wildman–Crippen LogP) is 3.73. The molecule has 0 radical (unpaired) electrons. The normalized spacial score (nSPS) is 42.6. The lowest BCUT2D eigenvalue weighted by atomic mass is 9.53. The van der Waals surface area contributed by atoms with Gasteiger partial charge in [0.2, 0.25) is 0 Å². The van der Waals surface area contributed by atoms with Crippen LogP contribution in [0.5, 0.6) is 5.75 Å². The van der Waals surface area contributed by atoms with Gasteiger partial charge in [-0.2, -0.15) is 0 Å². The quantitative estimate of drug-likeness (QED) is 0.510. The van der Waals surface area contributed by atoms with E-state index in [4.69, 9.17) is 14.2 Å². The topological polar surface area (TPSA) is 54.5 Å². The van der Waals surface area contributed by atoms with Crippen molar-refractivity contribution < 1.29 is 19.0 Å². The second-order valence-electron chi connectivity index (χ2n) is 11.6. The zero-order chi connectivity index (χ0) is 22.8. The van der Waals surface area contributed by atoms with Crippen molar-refractivity contribution in [1.29, 1.82) is 0 Å². The highest BCUT2D eigenvalue weighted by Crippen LogP contribution is 2.62. The van der Waals surface area contributed by atoms with Crippen molar-refractivity contribution in [2.75, 3.05) is 44.8 Å². The molecule has 6 rings (SSSR count). The third kappa shape index (κ3) is 3.65. The SMILES string of the molecule is COc1cccc(N2CCN(C[C@@H]3C(=O)O[C@@H]4C[C@@]5(C)CCC[C@]6(CO6)[C@H]5C[C@@H]34)C[C@@H]2C)c1. The predicted molar refractivity (Wildman–Crippen MR) is 126 cm³/mol. The van der Waals surface area contributed by atoms with Crippen LogP contribution in [0.3, 0.4) is 0 Å². The van der Waals surface area contributed by atoms with Gasteiger partial charge >= 0.3 is 5.97 Å². The highest BCUT2D eigenvalue weighted by atomic mass is 16.6. The van der Waals surface area contributed by atoms with Gasteiger partial charge in [0.25, 0.3) is 0 Å². The first-order valence-electron chi connectivity index (χ1n) is 12.9. The van der Waals surface area contributed by atoms with Gasteiger partial charge in [-0.1, -0.05) is 13.0 Å². The Kier molecular flexibility index (Phi) is 5.18. The van der Waals surface area contributed by atoms with Crippen LogP contribution < -0.4 is 9.64 Å². The van der Waals surface area contributed by atoms with E-state index in [0.29, 0.717) is 17.9 Å². The third-order valence-electron chi connectivity index (χ3n) is 9.63. The fourth-order valence-corrected chi connectivity index (χ4v) is 7.82. The number of esters is 1. The van der Waals surface area contributed by atoms with Crippen LogP contribution in [0.4, 0.5) is 5.69 Å². The molecule has 0 unspecified atom stereocenters. The van der Waals surface area contributed by atoms with E-state index in [2.05, 4.69) is 41.8 Å². The summed E-state index contributed by atoms with van der Waals surface area (Å²) in [5.74, 6) is 1.88. The summed E-state index contributed by atoms with van der Waals surface area (Å²) in [6, 6.07) is 8.71. The van der Waals surface area contributed by atoms with Crippen LogP contribution in [-0.4, -0.2) is 68.5 Å². The van der Waals surface area contributed by atoms with Crippen LogP contribution in [0, 0.1) is 23.2 Å². The molecule has 2 saturated carbocycles. The molecule has 3 saturated heterocycles. The molecule has 6 heteroatoms. The molecule has 33 heavy (non-hydrogen) atoms. The fourth-order valence-electron chi connectivity index (χ4n) is 7.82. The molecule has 0 aromatic heterocycles. The van der Waals surface area contributed by atoms with Crippen molar-refractivity contribution in [3.05, 3.63) is 24.3 Å². The van der Waals surface area contributed by atoms with E-state index in [1.807, 2.05) is 6.07 Å². The maximum atomic E-state index is 13.0. The molecule has 3 heterocycles. The van der Waals surface area contributed by atoms with E-state index >= 15 is 0 Å². The lowest BCUT2D eigenvalue weighted by Gasteiger charge is -2.51. The van der Waals surface area contributed by atoms with Gasteiger partial charge in [-0.15, -0.1) is 0 Å². The Hall–Kier alpha value is -1.79. The van der Waals surface area contributed by atoms with Crippen molar-refractivity contribution in [3.8, 4) is 5.75 Å². The number of piperazine rings is 1. The van der Waals surface area contributed by atoms with Crippen molar-refractivity contribution in [1.82, 2.24) is 4.90 Å². The summed E-state index contributed by atoms with van der Waals surface area (Å²) >= 11 is 0. The first-order valence-corrected chi connectivity index (χ1v) is 12.9. The van der Waals surface area contributed by atoms with Gasteiger partial charge in [-0.05, 0) is 62.5 Å². The Bertz CT molecular complexity index is 917. The first kappa shape index (κ1) is 21.7. The molecular formula is C27H38N2O4. The number of nitrogens with zero attached hydrogens (tertiary/aromatic N) is 2. The molecule has 3 aliphatic heterocycles. The van der Waals surface area contributed by atoms with Crippen molar-refractivity contribution in [2.45, 2.75) is 63.7 Å². The molecular weight excluding hydrogens is 416 g/mol. The van der Waals surface area contributed by atoms with Gasteiger partial charge in [-0.25, -0.2) is 0 Å². The highest BCUT2D eigenvalue weighted by Gasteiger charge is 2.65. The lowest BCUT2D eigenvalue weighted by molar-refractivity contribution is -0.147. The summed E-state index contributed by atoms with van der Waals surface area (Å²) in [4.78, 5) is 18.0. The van der Waals surface area contributed by atoms with Crippen LogP contribution in [-0.2, 0) is 14.3 Å². The largest absolute Gasteiger partial charge is 0.497 e. The molecule has 7 atom stereocenters. The van der Waals surface area contributed by atoms with Gasteiger partial charge in [0.1, 0.15) is 11.9 Å². The number of carbonyl (C=O) groups is 1. The van der Waals surface area contributed by atoms with E-state index < -0.39 is 0 Å². The van der Waals surface area contributed by atoms with Crippen molar-refractivity contribution in [2.24, 2.45) is 23.2 Å². The van der Waals surface area contributed by atoms with Gasteiger partial charge in [0, 0.05) is 49.9 Å². The van der Waals surface area contributed by atoms with E-state index in [1.54, 1.807) is 7.11 Å². The Balaban J connectivity index is 1.13. The summed E-state index contributed by atoms with van der Waals surface area (Å²) in [6.45, 7) is 9.35. The highest BCUT2D eigenvalue weighted by molar-refractivity contribution is 5.75. The maximum Gasteiger partial charge on any atom is 0.310 e. The van der Waals surface area contributed by atoms with Gasteiger partial charge in [0.05, 0.1) is 25.2 Å². The van der Waals surface area contributed by atoms with E-state index in [1.165, 1.54) is 24.9 Å². The first-order chi connectivity index (χ1) is 15.9. The maximum absolute atomic E-state index is 13.0. The third-order valence-corrected chi connectivity index (χ3v) is 9.63. The number of hydrogen-bond donors (Lipinski definition) is 0. The molecule has 6 nitrogen and oxygen atoms in total. The Labute approximate surface area is 197 Å². The van der Waals surface area contributed by atoms with Gasteiger partial charge < -0.3 is 19.1 Å². The van der Waals surface area contributed by atoms with Crippen LogP contribution in [0.15, 0.2) is 24.3 Å². The van der Waals surface area contributed by atoms with E-state index in [-0.39, 0.29) is 29.0 Å². The second kappa shape index (κ2) is 7.88. The zero-order valence-electron chi connectivity index (χ0n) is 20.3. The Morgan fingerprint density at radius 3 is 2.85 bits per heavy atom. The number of benzene rings is 1. The molecule has 180 valence electrons. The summed E-state index contributed by atoms with van der Waals surface area (Å²) in [5.41, 5.74) is 1.59.